The van der Waals surface area contributed by atoms with Crippen molar-refractivity contribution in [2.75, 3.05) is 18.2 Å². The summed E-state index contributed by atoms with van der Waals surface area (Å²) >= 11 is 4.42. The number of ether oxygens (including phenoxy) is 1. The van der Waals surface area contributed by atoms with Crippen LogP contribution in [0, 0.1) is 13.8 Å². The lowest BCUT2D eigenvalue weighted by Crippen LogP contribution is -2.16. The maximum atomic E-state index is 12.8. The molecule has 0 aliphatic heterocycles. The molecule has 4 rings (SSSR count). The van der Waals surface area contributed by atoms with Gasteiger partial charge in [0.1, 0.15) is 5.00 Å². The van der Waals surface area contributed by atoms with Crippen molar-refractivity contribution in [2.24, 2.45) is 0 Å². The lowest BCUT2D eigenvalue weighted by atomic mass is 10.0. The Bertz CT molecular complexity index is 1390. The topological polar surface area (TPSA) is 86.1 Å². The molecule has 10 heteroatoms. The Morgan fingerprint density at radius 2 is 1.86 bits per heavy atom. The number of anilines is 1. The largest absolute Gasteiger partial charge is 0.465 e. The first-order valence-electron chi connectivity index (χ1n) is 11.6. The zero-order chi connectivity index (χ0) is 25.8. The minimum Gasteiger partial charge on any atom is -0.465 e. The molecule has 4 aromatic rings. The highest BCUT2D eigenvalue weighted by atomic mass is 32.2. The van der Waals surface area contributed by atoms with Gasteiger partial charge < -0.3 is 14.6 Å². The van der Waals surface area contributed by atoms with Gasteiger partial charge in [-0.3, -0.25) is 4.79 Å². The van der Waals surface area contributed by atoms with Crippen LogP contribution in [0.3, 0.4) is 0 Å². The van der Waals surface area contributed by atoms with E-state index in [1.54, 1.807) is 11.3 Å². The van der Waals surface area contributed by atoms with E-state index >= 15 is 0 Å². The number of nitrogens with zero attached hydrogens (tertiary/aromatic N) is 3. The summed E-state index contributed by atoms with van der Waals surface area (Å²) in [5.41, 5.74) is 4.70. The highest BCUT2D eigenvalue weighted by molar-refractivity contribution is 7.99. The highest BCUT2D eigenvalue weighted by Crippen LogP contribution is 2.39. The van der Waals surface area contributed by atoms with Crippen molar-refractivity contribution in [3.63, 3.8) is 0 Å². The fourth-order valence-electron chi connectivity index (χ4n) is 4.17. The quantitative estimate of drug-likeness (QED) is 0.194. The van der Waals surface area contributed by atoms with Gasteiger partial charge in [-0.05, 0) is 38.3 Å². The molecule has 1 N–H and O–H groups in total. The van der Waals surface area contributed by atoms with E-state index in [1.807, 2.05) is 43.5 Å². The van der Waals surface area contributed by atoms with E-state index in [9.17, 15) is 9.59 Å². The van der Waals surface area contributed by atoms with E-state index in [4.69, 9.17) is 4.74 Å². The van der Waals surface area contributed by atoms with Crippen molar-refractivity contribution >= 4 is 51.3 Å². The number of carbonyl (C=O) groups is 2. The summed E-state index contributed by atoms with van der Waals surface area (Å²) in [7, 11) is 1.35. The summed E-state index contributed by atoms with van der Waals surface area (Å²) < 4.78 is 6.99. The lowest BCUT2D eigenvalue weighted by Gasteiger charge is -2.10. The first kappa shape index (κ1) is 26.1. The van der Waals surface area contributed by atoms with Crippen molar-refractivity contribution in [2.45, 2.75) is 45.8 Å². The number of amides is 1. The number of nitrogens with one attached hydrogen (secondary N) is 1. The summed E-state index contributed by atoms with van der Waals surface area (Å²) in [5.74, 6) is 0.288. The van der Waals surface area contributed by atoms with E-state index in [0.717, 1.165) is 33.0 Å². The maximum absolute atomic E-state index is 12.8. The number of carbonyl (C=O) groups excluding carboxylic acids is 2. The number of aromatic nitrogens is 3. The Balaban J connectivity index is 1.54. The van der Waals surface area contributed by atoms with Gasteiger partial charge >= 0.3 is 5.97 Å². The number of rotatable bonds is 9. The molecule has 36 heavy (non-hydrogen) atoms. The van der Waals surface area contributed by atoms with Crippen molar-refractivity contribution in [3.8, 4) is 22.5 Å². The third-order valence-corrected chi connectivity index (χ3v) is 8.79. The summed E-state index contributed by atoms with van der Waals surface area (Å²) in [4.78, 5) is 27.4. The first-order chi connectivity index (χ1) is 17.4. The van der Waals surface area contributed by atoms with E-state index in [2.05, 4.69) is 40.0 Å². The van der Waals surface area contributed by atoms with Crippen LogP contribution in [0.25, 0.3) is 22.5 Å². The Morgan fingerprint density at radius 1 is 1.11 bits per heavy atom. The van der Waals surface area contributed by atoms with Crippen LogP contribution in [0.5, 0.6) is 0 Å². The van der Waals surface area contributed by atoms with E-state index < -0.39 is 5.97 Å². The van der Waals surface area contributed by atoms with Crippen LogP contribution < -0.4 is 5.32 Å². The summed E-state index contributed by atoms with van der Waals surface area (Å²) in [5, 5.41) is 15.1. The van der Waals surface area contributed by atoms with Gasteiger partial charge in [-0.1, -0.05) is 49.0 Å². The number of benzene rings is 1. The molecule has 0 saturated carbocycles. The second kappa shape index (κ2) is 11.4. The average Bonchev–Trinajstić information content (AvgIpc) is 3.56. The molecule has 0 saturated heterocycles. The smallest absolute Gasteiger partial charge is 0.341 e. The fourth-order valence-corrected chi connectivity index (χ4v) is 6.98. The SMILES string of the molecule is CCc1c(C)sc(NC(=O)CSc2nnc(-c3csc(C)c3-c3ccccc3)n2CC)c1C(=O)OC. The number of hydrogen-bond acceptors (Lipinski definition) is 8. The Morgan fingerprint density at radius 3 is 2.53 bits per heavy atom. The summed E-state index contributed by atoms with van der Waals surface area (Å²) in [6.07, 6.45) is 0.687. The van der Waals surface area contributed by atoms with Gasteiger partial charge in [-0.25, -0.2) is 4.79 Å². The molecule has 7 nitrogen and oxygen atoms in total. The van der Waals surface area contributed by atoms with Gasteiger partial charge in [-0.2, -0.15) is 0 Å². The molecule has 0 aliphatic carbocycles. The van der Waals surface area contributed by atoms with Gasteiger partial charge in [-0.15, -0.1) is 32.9 Å². The molecule has 0 spiro atoms. The molecule has 0 radical (unpaired) electrons. The number of aryl methyl sites for hydroxylation is 2. The van der Waals surface area contributed by atoms with Crippen LogP contribution in [0.2, 0.25) is 0 Å². The Hall–Kier alpha value is -2.95. The number of hydrogen-bond donors (Lipinski definition) is 1. The van der Waals surface area contributed by atoms with Gasteiger partial charge in [0.25, 0.3) is 0 Å². The predicted molar refractivity (Wildman–Crippen MR) is 148 cm³/mol. The minimum absolute atomic E-state index is 0.144. The third kappa shape index (κ3) is 5.11. The molecule has 1 aromatic carbocycles. The van der Waals surface area contributed by atoms with Gasteiger partial charge in [0.15, 0.2) is 11.0 Å². The van der Waals surface area contributed by atoms with Crippen LogP contribution >= 0.6 is 34.4 Å². The van der Waals surface area contributed by atoms with E-state index in [-0.39, 0.29) is 11.7 Å². The minimum atomic E-state index is -0.435. The van der Waals surface area contributed by atoms with E-state index in [1.165, 1.54) is 35.1 Å². The second-order valence-electron chi connectivity index (χ2n) is 8.02. The van der Waals surface area contributed by atoms with Gasteiger partial charge in [0, 0.05) is 32.8 Å². The van der Waals surface area contributed by atoms with Crippen LogP contribution in [0.1, 0.15) is 39.5 Å². The first-order valence-corrected chi connectivity index (χ1v) is 14.3. The number of thiophene rings is 2. The van der Waals surface area contributed by atoms with Gasteiger partial charge in [0.05, 0.1) is 18.4 Å². The van der Waals surface area contributed by atoms with Crippen molar-refractivity contribution in [1.29, 1.82) is 0 Å². The molecule has 3 aromatic heterocycles. The monoisotopic (exact) mass is 540 g/mol. The molecule has 1 amide bonds. The number of esters is 1. The van der Waals surface area contributed by atoms with Crippen LogP contribution in [-0.4, -0.2) is 39.5 Å². The van der Waals surface area contributed by atoms with Crippen molar-refractivity contribution in [1.82, 2.24) is 14.8 Å². The van der Waals surface area contributed by atoms with Gasteiger partial charge in [0.2, 0.25) is 5.91 Å². The third-order valence-electron chi connectivity index (χ3n) is 5.85. The molecule has 0 unspecified atom stereocenters. The summed E-state index contributed by atoms with van der Waals surface area (Å²) in [6, 6.07) is 10.3. The van der Waals surface area contributed by atoms with Crippen molar-refractivity contribution < 1.29 is 14.3 Å². The predicted octanol–water partition coefficient (Wildman–Crippen LogP) is 6.45. The second-order valence-corrected chi connectivity index (χ2v) is 11.3. The van der Waals surface area contributed by atoms with Crippen LogP contribution in [-0.2, 0) is 22.5 Å². The molecule has 0 aliphatic rings. The molecular formula is C26H28N4O3S3. The number of methoxy groups -OCH3 is 1. The average molecular weight is 541 g/mol. The highest BCUT2D eigenvalue weighted by Gasteiger charge is 2.24. The molecule has 188 valence electrons. The molecule has 0 atom stereocenters. The zero-order valence-corrected chi connectivity index (χ0v) is 23.3. The summed E-state index contributed by atoms with van der Waals surface area (Å²) in [6.45, 7) is 8.76. The molecule has 3 heterocycles. The maximum Gasteiger partial charge on any atom is 0.341 e. The van der Waals surface area contributed by atoms with Crippen LogP contribution in [0.4, 0.5) is 5.00 Å². The standard InChI is InChI=1S/C26H28N4O3S3/c1-6-18-15(3)36-24(22(18)25(32)33-5)27-20(31)14-35-26-29-28-23(30(26)7-2)19-13-34-16(4)21(19)17-11-9-8-10-12-17/h8-13H,6-7,14H2,1-5H3,(H,27,31). The zero-order valence-electron chi connectivity index (χ0n) is 20.9. The van der Waals surface area contributed by atoms with Crippen LogP contribution in [0.15, 0.2) is 40.9 Å². The molecule has 0 fully saturated rings. The lowest BCUT2D eigenvalue weighted by molar-refractivity contribution is -0.113. The fraction of sp³-hybridized carbons (Fsp3) is 0.308. The Kier molecular flexibility index (Phi) is 8.28. The molecule has 0 bridgehead atoms. The Labute approximate surface area is 222 Å². The molecular weight excluding hydrogens is 513 g/mol. The number of thioether (sulfide) groups is 1. The van der Waals surface area contributed by atoms with E-state index in [0.29, 0.717) is 28.7 Å². The normalized spacial score (nSPS) is 11.0. The van der Waals surface area contributed by atoms with Crippen molar-refractivity contribution in [3.05, 3.63) is 56.6 Å².